The van der Waals surface area contributed by atoms with Gasteiger partial charge in [0.15, 0.2) is 0 Å². The lowest BCUT2D eigenvalue weighted by molar-refractivity contribution is -0.140. The normalized spacial score (nSPS) is 14.7. The van der Waals surface area contributed by atoms with Crippen molar-refractivity contribution in [3.8, 4) is 0 Å². The van der Waals surface area contributed by atoms with Gasteiger partial charge in [-0.15, -0.1) is 0 Å². The number of carboxylic acids is 1. The summed E-state index contributed by atoms with van der Waals surface area (Å²) in [5.74, 6) is -0.868. The van der Waals surface area contributed by atoms with Crippen molar-refractivity contribution in [2.45, 2.75) is 18.9 Å². The topological polar surface area (TPSA) is 40.5 Å². The number of halogens is 2. The van der Waals surface area contributed by atoms with Crippen LogP contribution in [-0.2, 0) is 10.3 Å². The van der Waals surface area contributed by atoms with Gasteiger partial charge in [-0.25, -0.2) is 0 Å². The van der Waals surface area contributed by atoms with E-state index in [4.69, 9.17) is 28.3 Å². The van der Waals surface area contributed by atoms with Crippen LogP contribution < -0.4 is 0 Å². The summed E-state index contributed by atoms with van der Waals surface area (Å²) in [6, 6.07) is 5.11. The summed E-state index contributed by atoms with van der Waals surface area (Å²) in [5.41, 5.74) is 0.101. The van der Waals surface area contributed by atoms with Gasteiger partial charge in [0.05, 0.1) is 12.0 Å². The first kappa shape index (κ1) is 14.3. The average Bonchev–Trinajstić information content (AvgIpc) is 2.15. The van der Waals surface area contributed by atoms with E-state index in [-0.39, 0.29) is 6.42 Å². The predicted octanol–water partition coefficient (Wildman–Crippen LogP) is 3.24. The molecule has 0 amide bonds. The third-order valence-electron chi connectivity index (χ3n) is 2.99. The Labute approximate surface area is 111 Å². The largest absolute Gasteiger partial charge is 0.481 e. The highest BCUT2D eigenvalue weighted by Crippen LogP contribution is 2.36. The van der Waals surface area contributed by atoms with Crippen LogP contribution in [0.4, 0.5) is 0 Å². The molecular formula is C12H15Cl2NO2. The van der Waals surface area contributed by atoms with Gasteiger partial charge in [-0.05, 0) is 38.7 Å². The Balaban J connectivity index is 3.27. The van der Waals surface area contributed by atoms with Crippen LogP contribution in [0.5, 0.6) is 0 Å². The standard InChI is InChI=1S/C12H15Cl2NO2/c1-12(15(2)3,7-11(16)17)9-5-4-8(13)6-10(9)14/h4-6H,7H2,1-3H3,(H,16,17). The molecule has 0 radical (unpaired) electrons. The molecule has 94 valence electrons. The highest BCUT2D eigenvalue weighted by Gasteiger charge is 2.33. The summed E-state index contributed by atoms with van der Waals surface area (Å²) in [6.45, 7) is 1.84. The molecule has 1 aromatic rings. The Hall–Kier alpha value is -0.770. The van der Waals surface area contributed by atoms with E-state index in [0.29, 0.717) is 10.0 Å². The van der Waals surface area contributed by atoms with Crippen LogP contribution in [0.3, 0.4) is 0 Å². The van der Waals surface area contributed by atoms with Crippen molar-refractivity contribution in [2.24, 2.45) is 0 Å². The molecule has 1 aromatic carbocycles. The molecule has 0 heterocycles. The van der Waals surface area contributed by atoms with E-state index in [0.717, 1.165) is 5.56 Å². The van der Waals surface area contributed by atoms with Crippen molar-refractivity contribution in [3.63, 3.8) is 0 Å². The minimum absolute atomic E-state index is 0.0264. The van der Waals surface area contributed by atoms with Crippen LogP contribution in [0.25, 0.3) is 0 Å². The molecule has 0 aliphatic rings. The van der Waals surface area contributed by atoms with Crippen molar-refractivity contribution >= 4 is 29.2 Å². The zero-order chi connectivity index (χ0) is 13.2. The lowest BCUT2D eigenvalue weighted by Crippen LogP contribution is -2.40. The van der Waals surface area contributed by atoms with Gasteiger partial charge in [-0.3, -0.25) is 9.69 Å². The fourth-order valence-corrected chi connectivity index (χ4v) is 2.33. The maximum absolute atomic E-state index is 11.0. The van der Waals surface area contributed by atoms with Crippen LogP contribution in [-0.4, -0.2) is 30.1 Å². The van der Waals surface area contributed by atoms with Crippen molar-refractivity contribution in [3.05, 3.63) is 33.8 Å². The molecule has 1 rings (SSSR count). The third-order valence-corrected chi connectivity index (χ3v) is 3.54. The van der Waals surface area contributed by atoms with Crippen molar-refractivity contribution in [1.29, 1.82) is 0 Å². The van der Waals surface area contributed by atoms with Crippen molar-refractivity contribution < 1.29 is 9.90 Å². The van der Waals surface area contributed by atoms with E-state index in [1.165, 1.54) is 0 Å². The first-order chi connectivity index (χ1) is 7.77. The van der Waals surface area contributed by atoms with Gasteiger partial charge < -0.3 is 5.11 Å². The highest BCUT2D eigenvalue weighted by atomic mass is 35.5. The fourth-order valence-electron chi connectivity index (χ4n) is 1.71. The van der Waals surface area contributed by atoms with E-state index >= 15 is 0 Å². The third kappa shape index (κ3) is 3.12. The Morgan fingerprint density at radius 2 is 2.00 bits per heavy atom. The summed E-state index contributed by atoms with van der Waals surface area (Å²) in [4.78, 5) is 12.8. The quantitative estimate of drug-likeness (QED) is 0.917. The van der Waals surface area contributed by atoms with E-state index < -0.39 is 11.5 Å². The number of hydrogen-bond acceptors (Lipinski definition) is 2. The molecule has 0 aromatic heterocycles. The molecule has 1 N–H and O–H groups in total. The van der Waals surface area contributed by atoms with Crippen LogP contribution in [0, 0.1) is 0 Å². The Bertz CT molecular complexity index is 435. The Kier molecular flexibility index (Phi) is 4.42. The van der Waals surface area contributed by atoms with E-state index in [9.17, 15) is 4.79 Å². The van der Waals surface area contributed by atoms with E-state index in [2.05, 4.69) is 0 Å². The summed E-state index contributed by atoms with van der Waals surface area (Å²) in [7, 11) is 3.65. The van der Waals surface area contributed by atoms with Crippen LogP contribution >= 0.6 is 23.2 Å². The molecule has 17 heavy (non-hydrogen) atoms. The zero-order valence-electron chi connectivity index (χ0n) is 10.00. The fraction of sp³-hybridized carbons (Fsp3) is 0.417. The predicted molar refractivity (Wildman–Crippen MR) is 69.8 cm³/mol. The summed E-state index contributed by atoms with van der Waals surface area (Å²) in [5, 5.41) is 10.0. The van der Waals surface area contributed by atoms with E-state index in [1.54, 1.807) is 18.2 Å². The molecule has 0 saturated carbocycles. The molecule has 0 aliphatic heterocycles. The second kappa shape index (κ2) is 5.25. The molecule has 5 heteroatoms. The first-order valence-corrected chi connectivity index (χ1v) is 5.87. The SMILES string of the molecule is CN(C)C(C)(CC(=O)O)c1ccc(Cl)cc1Cl. The van der Waals surface area contributed by atoms with Crippen molar-refractivity contribution in [1.82, 2.24) is 4.90 Å². The molecule has 3 nitrogen and oxygen atoms in total. The number of aliphatic carboxylic acids is 1. The minimum Gasteiger partial charge on any atom is -0.481 e. The lowest BCUT2D eigenvalue weighted by Gasteiger charge is -2.36. The van der Waals surface area contributed by atoms with Gasteiger partial charge in [0.1, 0.15) is 0 Å². The van der Waals surface area contributed by atoms with Gasteiger partial charge in [-0.1, -0.05) is 29.3 Å². The van der Waals surface area contributed by atoms with Gasteiger partial charge in [-0.2, -0.15) is 0 Å². The van der Waals surface area contributed by atoms with Gasteiger partial charge in [0, 0.05) is 10.0 Å². The van der Waals surface area contributed by atoms with Gasteiger partial charge >= 0.3 is 5.97 Å². The van der Waals surface area contributed by atoms with Crippen molar-refractivity contribution in [2.75, 3.05) is 14.1 Å². The molecular weight excluding hydrogens is 261 g/mol. The summed E-state index contributed by atoms with van der Waals surface area (Å²) in [6.07, 6.45) is -0.0264. The maximum atomic E-state index is 11.0. The lowest BCUT2D eigenvalue weighted by atomic mass is 9.87. The molecule has 0 aliphatic carbocycles. The number of carbonyl (C=O) groups is 1. The first-order valence-electron chi connectivity index (χ1n) is 5.12. The van der Waals surface area contributed by atoms with E-state index in [1.807, 2.05) is 25.9 Å². The van der Waals surface area contributed by atoms with Crippen LogP contribution in [0.15, 0.2) is 18.2 Å². The summed E-state index contributed by atoms with van der Waals surface area (Å²) >= 11 is 12.0. The zero-order valence-corrected chi connectivity index (χ0v) is 11.5. The smallest absolute Gasteiger partial charge is 0.305 e. The second-order valence-corrected chi connectivity index (χ2v) is 5.21. The molecule has 0 fully saturated rings. The van der Waals surface area contributed by atoms with Crippen LogP contribution in [0.1, 0.15) is 18.9 Å². The Morgan fingerprint density at radius 1 is 1.41 bits per heavy atom. The molecule has 0 bridgehead atoms. The molecule has 0 spiro atoms. The number of rotatable bonds is 4. The monoisotopic (exact) mass is 275 g/mol. The number of nitrogens with zero attached hydrogens (tertiary/aromatic N) is 1. The molecule has 1 unspecified atom stereocenters. The average molecular weight is 276 g/mol. The van der Waals surface area contributed by atoms with Gasteiger partial charge in [0.2, 0.25) is 0 Å². The summed E-state index contributed by atoms with van der Waals surface area (Å²) < 4.78 is 0. The maximum Gasteiger partial charge on any atom is 0.305 e. The number of carboxylic acid groups (broad SMARTS) is 1. The molecule has 0 saturated heterocycles. The minimum atomic E-state index is -0.868. The van der Waals surface area contributed by atoms with Crippen LogP contribution in [0.2, 0.25) is 10.0 Å². The Morgan fingerprint density at radius 3 is 2.41 bits per heavy atom. The number of benzene rings is 1. The highest BCUT2D eigenvalue weighted by molar-refractivity contribution is 6.35. The molecule has 1 atom stereocenters. The second-order valence-electron chi connectivity index (χ2n) is 4.36. The number of hydrogen-bond donors (Lipinski definition) is 1. The van der Waals surface area contributed by atoms with Gasteiger partial charge in [0.25, 0.3) is 0 Å².